The van der Waals surface area contributed by atoms with Gasteiger partial charge in [0.15, 0.2) is 0 Å². The van der Waals surface area contributed by atoms with Gasteiger partial charge in [0, 0.05) is 58.9 Å². The molecule has 0 amide bonds. The predicted molar refractivity (Wildman–Crippen MR) is 70.4 cm³/mol. The van der Waals surface area contributed by atoms with E-state index < -0.39 is 0 Å². The maximum atomic E-state index is 5.07. The zero-order valence-electron chi connectivity index (χ0n) is 11.9. The van der Waals surface area contributed by atoms with Gasteiger partial charge >= 0.3 is 0 Å². The van der Waals surface area contributed by atoms with Gasteiger partial charge in [0.1, 0.15) is 0 Å². The Kier molecular flexibility index (Phi) is 6.41. The number of likely N-dealkylation sites (tertiary alicyclic amines) is 2. The summed E-state index contributed by atoms with van der Waals surface area (Å²) in [7, 11) is 3.54. The van der Waals surface area contributed by atoms with Crippen molar-refractivity contribution in [2.24, 2.45) is 5.41 Å². The van der Waals surface area contributed by atoms with Crippen LogP contribution in [0.1, 0.15) is 13.8 Å². The molecule has 17 heavy (non-hydrogen) atoms. The maximum absolute atomic E-state index is 5.07. The minimum atomic E-state index is 0.626. The molecule has 102 valence electrons. The zero-order chi connectivity index (χ0) is 12.7. The average Bonchev–Trinajstić information content (AvgIpc) is 2.27. The van der Waals surface area contributed by atoms with E-state index in [9.17, 15) is 0 Å². The third kappa shape index (κ3) is 3.91. The summed E-state index contributed by atoms with van der Waals surface area (Å²) in [5.41, 5.74) is 0.626. The van der Waals surface area contributed by atoms with Crippen LogP contribution in [0.3, 0.4) is 0 Å². The predicted octanol–water partition coefficient (Wildman–Crippen LogP) is 0.923. The van der Waals surface area contributed by atoms with Crippen molar-refractivity contribution in [1.82, 2.24) is 9.80 Å². The molecule has 0 radical (unpaired) electrons. The van der Waals surface area contributed by atoms with Gasteiger partial charge in [0.2, 0.25) is 0 Å². The van der Waals surface area contributed by atoms with Gasteiger partial charge in [-0.15, -0.1) is 0 Å². The SMILES string of the molecule is CC.COCCN1CC2(C1)CN(CCOC)C2. The van der Waals surface area contributed by atoms with E-state index in [0.29, 0.717) is 5.41 Å². The summed E-state index contributed by atoms with van der Waals surface area (Å²) in [5, 5.41) is 0. The standard InChI is InChI=1S/C11H22N2O2.C2H6/c1-14-5-3-12-7-11(8-12)9-13(10-11)4-6-15-2;1-2/h3-10H2,1-2H3;1-2H3. The lowest BCUT2D eigenvalue weighted by atomic mass is 9.73. The van der Waals surface area contributed by atoms with Crippen LogP contribution in [-0.4, -0.2) is 76.5 Å². The molecule has 0 unspecified atom stereocenters. The highest BCUT2D eigenvalue weighted by atomic mass is 16.5. The first-order valence-corrected chi connectivity index (χ1v) is 6.71. The van der Waals surface area contributed by atoms with Crippen molar-refractivity contribution in [3.63, 3.8) is 0 Å². The number of ether oxygens (including phenoxy) is 2. The summed E-state index contributed by atoms with van der Waals surface area (Å²) in [6.07, 6.45) is 0. The van der Waals surface area contributed by atoms with Crippen LogP contribution < -0.4 is 0 Å². The lowest BCUT2D eigenvalue weighted by molar-refractivity contribution is -0.121. The van der Waals surface area contributed by atoms with Gasteiger partial charge in [0.05, 0.1) is 13.2 Å². The lowest BCUT2D eigenvalue weighted by Gasteiger charge is -2.60. The molecule has 2 aliphatic rings. The number of nitrogens with zero attached hydrogens (tertiary/aromatic N) is 2. The molecule has 0 bridgehead atoms. The van der Waals surface area contributed by atoms with Crippen molar-refractivity contribution in [3.05, 3.63) is 0 Å². The molecule has 2 aliphatic heterocycles. The Hall–Kier alpha value is -0.160. The second-order valence-corrected chi connectivity index (χ2v) is 4.91. The summed E-state index contributed by atoms with van der Waals surface area (Å²) in [6.45, 7) is 13.0. The number of methoxy groups -OCH3 is 2. The molecule has 0 N–H and O–H groups in total. The normalized spacial score (nSPS) is 22.6. The largest absolute Gasteiger partial charge is 0.383 e. The smallest absolute Gasteiger partial charge is 0.0589 e. The highest BCUT2D eigenvalue weighted by Crippen LogP contribution is 2.38. The molecule has 0 aliphatic carbocycles. The third-order valence-electron chi connectivity index (χ3n) is 3.46. The van der Waals surface area contributed by atoms with Crippen LogP contribution in [0.25, 0.3) is 0 Å². The summed E-state index contributed by atoms with van der Waals surface area (Å²) >= 11 is 0. The molecule has 0 aromatic rings. The quantitative estimate of drug-likeness (QED) is 0.694. The van der Waals surface area contributed by atoms with Gasteiger partial charge < -0.3 is 9.47 Å². The van der Waals surface area contributed by atoms with Crippen LogP contribution in [0, 0.1) is 5.41 Å². The summed E-state index contributed by atoms with van der Waals surface area (Å²) in [4.78, 5) is 4.97. The first-order chi connectivity index (χ1) is 8.28. The minimum Gasteiger partial charge on any atom is -0.383 e. The Morgan fingerprint density at radius 3 is 1.47 bits per heavy atom. The van der Waals surface area contributed by atoms with Gasteiger partial charge in [-0.25, -0.2) is 0 Å². The Labute approximate surface area is 106 Å². The highest BCUT2D eigenvalue weighted by molar-refractivity contribution is 5.05. The Morgan fingerprint density at radius 1 is 0.824 bits per heavy atom. The molecular formula is C13H28N2O2. The van der Waals surface area contributed by atoms with Crippen LogP contribution in [0.4, 0.5) is 0 Å². The first-order valence-electron chi connectivity index (χ1n) is 6.71. The van der Waals surface area contributed by atoms with E-state index in [4.69, 9.17) is 9.47 Å². The lowest BCUT2D eigenvalue weighted by Crippen LogP contribution is -2.72. The zero-order valence-corrected chi connectivity index (χ0v) is 11.9. The fourth-order valence-corrected chi connectivity index (χ4v) is 2.76. The van der Waals surface area contributed by atoms with Crippen molar-refractivity contribution in [2.45, 2.75) is 13.8 Å². The van der Waals surface area contributed by atoms with E-state index in [1.54, 1.807) is 14.2 Å². The minimum absolute atomic E-state index is 0.626. The third-order valence-corrected chi connectivity index (χ3v) is 3.46. The monoisotopic (exact) mass is 244 g/mol. The first kappa shape index (κ1) is 14.9. The van der Waals surface area contributed by atoms with Crippen LogP contribution >= 0.6 is 0 Å². The fourth-order valence-electron chi connectivity index (χ4n) is 2.76. The van der Waals surface area contributed by atoms with Crippen molar-refractivity contribution in [3.8, 4) is 0 Å². The molecule has 2 heterocycles. The fraction of sp³-hybridized carbons (Fsp3) is 1.00. The van der Waals surface area contributed by atoms with E-state index in [2.05, 4.69) is 9.80 Å². The summed E-state index contributed by atoms with van der Waals surface area (Å²) in [6, 6.07) is 0. The number of rotatable bonds is 6. The number of hydrogen-bond acceptors (Lipinski definition) is 4. The van der Waals surface area contributed by atoms with Crippen molar-refractivity contribution >= 4 is 0 Å². The molecule has 1 spiro atoms. The molecule has 0 atom stereocenters. The van der Waals surface area contributed by atoms with Gasteiger partial charge in [0.25, 0.3) is 0 Å². The van der Waals surface area contributed by atoms with E-state index in [1.165, 1.54) is 26.2 Å². The molecular weight excluding hydrogens is 216 g/mol. The van der Waals surface area contributed by atoms with Crippen LogP contribution in [-0.2, 0) is 9.47 Å². The molecule has 2 saturated heterocycles. The Balaban J connectivity index is 0.000000686. The summed E-state index contributed by atoms with van der Waals surface area (Å²) in [5.74, 6) is 0. The van der Waals surface area contributed by atoms with Gasteiger partial charge in [-0.05, 0) is 0 Å². The van der Waals surface area contributed by atoms with Crippen molar-refractivity contribution in [2.75, 3.05) is 66.7 Å². The second kappa shape index (κ2) is 7.31. The summed E-state index contributed by atoms with van der Waals surface area (Å²) < 4.78 is 10.1. The Bertz CT molecular complexity index is 174. The van der Waals surface area contributed by atoms with Crippen LogP contribution in [0.15, 0.2) is 0 Å². The molecule has 4 heteroatoms. The topological polar surface area (TPSA) is 24.9 Å². The molecule has 0 aromatic carbocycles. The maximum Gasteiger partial charge on any atom is 0.0589 e. The second-order valence-electron chi connectivity index (χ2n) is 4.91. The van der Waals surface area contributed by atoms with Crippen molar-refractivity contribution in [1.29, 1.82) is 0 Å². The van der Waals surface area contributed by atoms with Gasteiger partial charge in [-0.3, -0.25) is 9.80 Å². The van der Waals surface area contributed by atoms with E-state index >= 15 is 0 Å². The molecule has 0 saturated carbocycles. The van der Waals surface area contributed by atoms with Crippen LogP contribution in [0.5, 0.6) is 0 Å². The van der Waals surface area contributed by atoms with E-state index in [1.807, 2.05) is 13.8 Å². The van der Waals surface area contributed by atoms with Crippen LogP contribution in [0.2, 0.25) is 0 Å². The van der Waals surface area contributed by atoms with Crippen molar-refractivity contribution < 1.29 is 9.47 Å². The molecule has 2 rings (SSSR count). The highest BCUT2D eigenvalue weighted by Gasteiger charge is 2.50. The average molecular weight is 244 g/mol. The Morgan fingerprint density at radius 2 is 1.18 bits per heavy atom. The molecule has 0 aromatic heterocycles. The molecule has 2 fully saturated rings. The molecule has 4 nitrogen and oxygen atoms in total. The number of hydrogen-bond donors (Lipinski definition) is 0. The van der Waals surface area contributed by atoms with Gasteiger partial charge in [-0.2, -0.15) is 0 Å². The van der Waals surface area contributed by atoms with E-state index in [0.717, 1.165) is 26.3 Å². The van der Waals surface area contributed by atoms with Gasteiger partial charge in [-0.1, -0.05) is 13.8 Å². The van der Waals surface area contributed by atoms with E-state index in [-0.39, 0.29) is 0 Å².